The summed E-state index contributed by atoms with van der Waals surface area (Å²) in [6, 6.07) is 9.41. The first-order valence-corrected chi connectivity index (χ1v) is 5.77. The number of carbonyl (C=O) groups excluding carboxylic acids is 1. The zero-order chi connectivity index (χ0) is 13.0. The number of methoxy groups -OCH3 is 1. The van der Waals surface area contributed by atoms with E-state index in [1.54, 1.807) is 19.5 Å². The van der Waals surface area contributed by atoms with Crippen molar-refractivity contribution < 1.29 is 9.53 Å². The van der Waals surface area contributed by atoms with Crippen LogP contribution in [-0.4, -0.2) is 17.9 Å². The zero-order valence-electron chi connectivity index (χ0n) is 10.5. The van der Waals surface area contributed by atoms with Crippen molar-refractivity contribution in [2.75, 3.05) is 7.11 Å². The number of aryl methyl sites for hydroxylation is 1. The van der Waals surface area contributed by atoms with Crippen molar-refractivity contribution in [3.63, 3.8) is 0 Å². The zero-order valence-corrected chi connectivity index (χ0v) is 10.5. The van der Waals surface area contributed by atoms with Crippen LogP contribution >= 0.6 is 0 Å². The Morgan fingerprint density at radius 3 is 2.78 bits per heavy atom. The van der Waals surface area contributed by atoms with Crippen molar-refractivity contribution in [3.8, 4) is 5.75 Å². The highest BCUT2D eigenvalue weighted by molar-refractivity contribution is 5.97. The minimum Gasteiger partial charge on any atom is -0.496 e. The van der Waals surface area contributed by atoms with Gasteiger partial charge in [0.1, 0.15) is 5.75 Å². The molecule has 1 aromatic carbocycles. The van der Waals surface area contributed by atoms with Crippen LogP contribution in [0.1, 0.15) is 21.5 Å². The van der Waals surface area contributed by atoms with E-state index in [4.69, 9.17) is 4.74 Å². The lowest BCUT2D eigenvalue weighted by Crippen LogP contribution is -2.05. The smallest absolute Gasteiger partial charge is 0.168 e. The minimum atomic E-state index is 0.0516. The number of para-hydroxylation sites is 1. The van der Waals surface area contributed by atoms with Gasteiger partial charge in [-0.15, -0.1) is 0 Å². The molecule has 0 aliphatic carbocycles. The van der Waals surface area contributed by atoms with Crippen LogP contribution in [0.5, 0.6) is 5.75 Å². The van der Waals surface area contributed by atoms with E-state index in [0.717, 1.165) is 16.9 Å². The van der Waals surface area contributed by atoms with Crippen molar-refractivity contribution >= 4 is 5.78 Å². The van der Waals surface area contributed by atoms with E-state index in [2.05, 4.69) is 4.98 Å². The van der Waals surface area contributed by atoms with Crippen LogP contribution in [0.4, 0.5) is 0 Å². The third-order valence-electron chi connectivity index (χ3n) is 2.74. The molecule has 0 fully saturated rings. The quantitative estimate of drug-likeness (QED) is 0.773. The highest BCUT2D eigenvalue weighted by Crippen LogP contribution is 2.19. The number of nitrogens with zero attached hydrogens (tertiary/aromatic N) is 1. The summed E-state index contributed by atoms with van der Waals surface area (Å²) >= 11 is 0. The second-order valence-electron chi connectivity index (χ2n) is 4.16. The largest absolute Gasteiger partial charge is 0.496 e. The van der Waals surface area contributed by atoms with Gasteiger partial charge in [0.2, 0.25) is 0 Å². The predicted octanol–water partition coefficient (Wildman–Crippen LogP) is 2.82. The van der Waals surface area contributed by atoms with E-state index in [9.17, 15) is 4.79 Å². The third-order valence-corrected chi connectivity index (χ3v) is 2.74. The molecule has 0 unspecified atom stereocenters. The van der Waals surface area contributed by atoms with E-state index in [0.29, 0.717) is 12.0 Å². The normalized spacial score (nSPS) is 10.1. The van der Waals surface area contributed by atoms with Crippen LogP contribution in [0.15, 0.2) is 42.7 Å². The van der Waals surface area contributed by atoms with E-state index in [1.807, 2.05) is 37.3 Å². The molecular formula is C15H15NO2. The number of ether oxygens (including phenoxy) is 1. The van der Waals surface area contributed by atoms with Crippen LogP contribution in [0, 0.1) is 6.92 Å². The molecule has 2 rings (SSSR count). The summed E-state index contributed by atoms with van der Waals surface area (Å²) in [4.78, 5) is 16.2. The van der Waals surface area contributed by atoms with Crippen LogP contribution in [0.3, 0.4) is 0 Å². The summed E-state index contributed by atoms with van der Waals surface area (Å²) < 4.78 is 5.24. The van der Waals surface area contributed by atoms with Gasteiger partial charge in [0.15, 0.2) is 5.78 Å². The van der Waals surface area contributed by atoms with Crippen molar-refractivity contribution in [3.05, 3.63) is 59.4 Å². The molecule has 1 heterocycles. The summed E-state index contributed by atoms with van der Waals surface area (Å²) in [5.41, 5.74) is 2.52. The Morgan fingerprint density at radius 2 is 2.06 bits per heavy atom. The maximum atomic E-state index is 12.1. The highest BCUT2D eigenvalue weighted by atomic mass is 16.5. The van der Waals surface area contributed by atoms with E-state index in [-0.39, 0.29) is 5.78 Å². The fourth-order valence-corrected chi connectivity index (χ4v) is 1.83. The number of carbonyl (C=O) groups is 1. The number of rotatable bonds is 4. The van der Waals surface area contributed by atoms with Crippen LogP contribution in [0.25, 0.3) is 0 Å². The average Bonchev–Trinajstić information content (AvgIpc) is 2.39. The molecule has 18 heavy (non-hydrogen) atoms. The fourth-order valence-electron chi connectivity index (χ4n) is 1.83. The molecule has 3 nitrogen and oxygen atoms in total. The van der Waals surface area contributed by atoms with Gasteiger partial charge in [-0.05, 0) is 24.6 Å². The maximum Gasteiger partial charge on any atom is 0.168 e. The minimum absolute atomic E-state index is 0.0516. The Morgan fingerprint density at radius 1 is 1.28 bits per heavy atom. The average molecular weight is 241 g/mol. The van der Waals surface area contributed by atoms with E-state index >= 15 is 0 Å². The molecule has 0 saturated heterocycles. The van der Waals surface area contributed by atoms with E-state index < -0.39 is 0 Å². The molecule has 0 N–H and O–H groups in total. The molecule has 0 spiro atoms. The Hall–Kier alpha value is -2.16. The molecule has 92 valence electrons. The van der Waals surface area contributed by atoms with Crippen molar-refractivity contribution in [1.82, 2.24) is 4.98 Å². The molecule has 0 saturated carbocycles. The molecule has 0 radical (unpaired) electrons. The molecule has 0 aliphatic heterocycles. The molecule has 0 amide bonds. The summed E-state index contributed by atoms with van der Waals surface area (Å²) in [6.45, 7) is 1.92. The molecule has 3 heteroatoms. The molecule has 0 atom stereocenters. The van der Waals surface area contributed by atoms with Gasteiger partial charge in [0, 0.05) is 29.9 Å². The lowest BCUT2D eigenvalue weighted by molar-refractivity contribution is 0.0991. The number of pyridine rings is 1. The monoisotopic (exact) mass is 241 g/mol. The Kier molecular flexibility index (Phi) is 3.72. The lowest BCUT2D eigenvalue weighted by Gasteiger charge is -2.07. The SMILES string of the molecule is COc1ccccc1CC(=O)c1cncc(C)c1. The second-order valence-corrected chi connectivity index (χ2v) is 4.16. The number of benzene rings is 1. The van der Waals surface area contributed by atoms with Gasteiger partial charge in [0.25, 0.3) is 0 Å². The van der Waals surface area contributed by atoms with Gasteiger partial charge < -0.3 is 4.74 Å². The number of hydrogen-bond donors (Lipinski definition) is 0. The highest BCUT2D eigenvalue weighted by Gasteiger charge is 2.10. The molecule has 0 aliphatic rings. The number of ketones is 1. The van der Waals surface area contributed by atoms with Crippen LogP contribution < -0.4 is 4.74 Å². The Labute approximate surface area is 106 Å². The van der Waals surface area contributed by atoms with Crippen molar-refractivity contribution in [1.29, 1.82) is 0 Å². The predicted molar refractivity (Wildman–Crippen MR) is 70.0 cm³/mol. The number of hydrogen-bond acceptors (Lipinski definition) is 3. The summed E-state index contributed by atoms with van der Waals surface area (Å²) in [5.74, 6) is 0.794. The molecular weight excluding hydrogens is 226 g/mol. The first-order chi connectivity index (χ1) is 8.70. The first-order valence-electron chi connectivity index (χ1n) is 5.77. The van der Waals surface area contributed by atoms with Crippen molar-refractivity contribution in [2.24, 2.45) is 0 Å². The van der Waals surface area contributed by atoms with Gasteiger partial charge >= 0.3 is 0 Å². The third kappa shape index (κ3) is 2.74. The first kappa shape index (κ1) is 12.3. The summed E-state index contributed by atoms with van der Waals surface area (Å²) in [6.07, 6.45) is 3.67. The standard InChI is InChI=1S/C15H15NO2/c1-11-7-13(10-16-9-11)14(17)8-12-5-3-4-6-15(12)18-2/h3-7,9-10H,8H2,1-2H3. The van der Waals surface area contributed by atoms with Gasteiger partial charge in [-0.3, -0.25) is 9.78 Å². The topological polar surface area (TPSA) is 39.2 Å². The maximum absolute atomic E-state index is 12.1. The number of aromatic nitrogens is 1. The van der Waals surface area contributed by atoms with Crippen LogP contribution in [-0.2, 0) is 6.42 Å². The van der Waals surface area contributed by atoms with Crippen molar-refractivity contribution in [2.45, 2.75) is 13.3 Å². The summed E-state index contributed by atoms with van der Waals surface area (Å²) in [7, 11) is 1.61. The summed E-state index contributed by atoms with van der Waals surface area (Å²) in [5, 5.41) is 0. The number of Topliss-reactive ketones (excluding diaryl/α,β-unsaturated/α-hetero) is 1. The van der Waals surface area contributed by atoms with E-state index in [1.165, 1.54) is 0 Å². The molecule has 1 aromatic heterocycles. The Balaban J connectivity index is 2.21. The molecule has 2 aromatic rings. The van der Waals surface area contributed by atoms with Gasteiger partial charge in [-0.2, -0.15) is 0 Å². The van der Waals surface area contributed by atoms with Crippen LogP contribution in [0.2, 0.25) is 0 Å². The molecule has 0 bridgehead atoms. The van der Waals surface area contributed by atoms with Gasteiger partial charge in [0.05, 0.1) is 7.11 Å². The Bertz CT molecular complexity index is 564. The van der Waals surface area contributed by atoms with Gasteiger partial charge in [-0.25, -0.2) is 0 Å². The lowest BCUT2D eigenvalue weighted by atomic mass is 10.0. The fraction of sp³-hybridized carbons (Fsp3) is 0.200. The van der Waals surface area contributed by atoms with Gasteiger partial charge in [-0.1, -0.05) is 18.2 Å². The second kappa shape index (κ2) is 5.45.